The van der Waals surface area contributed by atoms with E-state index >= 15 is 0 Å². The number of urea groups is 1. The van der Waals surface area contributed by atoms with Crippen LogP contribution in [0.4, 0.5) is 4.79 Å². The van der Waals surface area contributed by atoms with Crippen LogP contribution in [-0.2, 0) is 6.54 Å². The third-order valence-electron chi connectivity index (χ3n) is 4.64. The summed E-state index contributed by atoms with van der Waals surface area (Å²) in [6.45, 7) is 7.63. The minimum absolute atomic E-state index is 0.0185. The van der Waals surface area contributed by atoms with Crippen molar-refractivity contribution in [3.8, 4) is 0 Å². The van der Waals surface area contributed by atoms with Crippen molar-refractivity contribution in [2.45, 2.75) is 51.7 Å². The fourth-order valence-corrected chi connectivity index (χ4v) is 3.32. The molecule has 116 valence electrons. The summed E-state index contributed by atoms with van der Waals surface area (Å²) in [7, 11) is 0. The Morgan fingerprint density at radius 1 is 1.48 bits per heavy atom. The Morgan fingerprint density at radius 3 is 2.95 bits per heavy atom. The van der Waals surface area contributed by atoms with Crippen LogP contribution in [0.25, 0.3) is 0 Å². The average molecular weight is 291 g/mol. The fourth-order valence-electron chi connectivity index (χ4n) is 3.32. The number of imidazole rings is 1. The highest BCUT2D eigenvalue weighted by molar-refractivity contribution is 5.75. The number of nitrogens with zero attached hydrogens (tertiary/aromatic N) is 3. The van der Waals surface area contributed by atoms with E-state index in [4.69, 9.17) is 0 Å². The number of rotatable bonds is 3. The zero-order valence-corrected chi connectivity index (χ0v) is 12.9. The molecule has 3 rings (SSSR count). The van der Waals surface area contributed by atoms with Crippen molar-refractivity contribution in [1.29, 1.82) is 0 Å². The minimum atomic E-state index is 0.0185. The number of amides is 2. The van der Waals surface area contributed by atoms with Crippen LogP contribution >= 0.6 is 0 Å². The summed E-state index contributed by atoms with van der Waals surface area (Å²) in [4.78, 5) is 23.8. The van der Waals surface area contributed by atoms with Gasteiger partial charge in [0.1, 0.15) is 5.82 Å². The Morgan fingerprint density at radius 2 is 2.29 bits per heavy atom. The van der Waals surface area contributed by atoms with Crippen LogP contribution in [0.5, 0.6) is 0 Å². The highest BCUT2D eigenvalue weighted by atomic mass is 16.2. The summed E-state index contributed by atoms with van der Waals surface area (Å²) in [6, 6.07) is 1.24. The van der Waals surface area contributed by atoms with Crippen molar-refractivity contribution in [3.05, 3.63) is 17.7 Å². The second kappa shape index (κ2) is 6.05. The van der Waals surface area contributed by atoms with Gasteiger partial charge in [0, 0.05) is 37.1 Å². The molecule has 0 spiro atoms. The quantitative estimate of drug-likeness (QED) is 0.887. The molecule has 2 fully saturated rings. The molecule has 0 unspecified atom stereocenters. The van der Waals surface area contributed by atoms with Crippen LogP contribution in [0.15, 0.2) is 6.20 Å². The average Bonchev–Trinajstić information content (AvgIpc) is 2.83. The maximum Gasteiger partial charge on any atom is 0.317 e. The fraction of sp³-hybridized carbons (Fsp3) is 0.733. The van der Waals surface area contributed by atoms with E-state index in [0.29, 0.717) is 18.6 Å². The predicted octanol–water partition coefficient (Wildman–Crippen LogP) is 1.49. The highest BCUT2D eigenvalue weighted by Crippen LogP contribution is 2.24. The molecule has 6 nitrogen and oxygen atoms in total. The van der Waals surface area contributed by atoms with Gasteiger partial charge in [-0.3, -0.25) is 4.90 Å². The molecular formula is C15H25N5O. The van der Waals surface area contributed by atoms with Crippen LogP contribution in [0.3, 0.4) is 0 Å². The molecular weight excluding hydrogens is 266 g/mol. The van der Waals surface area contributed by atoms with Crippen LogP contribution < -0.4 is 5.32 Å². The molecule has 2 amide bonds. The first kappa shape index (κ1) is 14.4. The van der Waals surface area contributed by atoms with E-state index in [-0.39, 0.29) is 6.03 Å². The molecule has 0 aliphatic carbocycles. The molecule has 21 heavy (non-hydrogen) atoms. The van der Waals surface area contributed by atoms with Gasteiger partial charge in [0.2, 0.25) is 0 Å². The lowest BCUT2D eigenvalue weighted by atomic mass is 9.98. The van der Waals surface area contributed by atoms with Crippen molar-refractivity contribution in [2.75, 3.05) is 19.6 Å². The van der Waals surface area contributed by atoms with Crippen LogP contribution in [0.2, 0.25) is 0 Å². The summed E-state index contributed by atoms with van der Waals surface area (Å²) < 4.78 is 0. The number of H-pyrrole nitrogens is 1. The zero-order valence-electron chi connectivity index (χ0n) is 12.9. The third kappa shape index (κ3) is 3.20. The van der Waals surface area contributed by atoms with E-state index in [9.17, 15) is 4.79 Å². The van der Waals surface area contributed by atoms with E-state index in [0.717, 1.165) is 24.6 Å². The van der Waals surface area contributed by atoms with Crippen molar-refractivity contribution in [1.82, 2.24) is 25.1 Å². The molecule has 2 aliphatic heterocycles. The molecule has 0 saturated carbocycles. The second-order valence-electron chi connectivity index (χ2n) is 6.31. The molecule has 3 heterocycles. The SMILES string of the molecule is Cc1cnc(CNC(=O)N2CC(N3CCCC[C@@H]3C)C2)[nH]1. The van der Waals surface area contributed by atoms with Crippen LogP contribution in [-0.4, -0.2) is 57.5 Å². The lowest BCUT2D eigenvalue weighted by molar-refractivity contribution is 0.0168. The molecule has 6 heteroatoms. The molecule has 0 bridgehead atoms. The second-order valence-corrected chi connectivity index (χ2v) is 6.31. The number of nitrogens with one attached hydrogen (secondary N) is 2. The standard InChI is InChI=1S/C15H25N5O/c1-11-7-16-14(18-11)8-17-15(21)19-9-13(10-19)20-6-4-3-5-12(20)2/h7,12-13H,3-6,8-10H2,1-2H3,(H,16,18)(H,17,21)/t12-/m0/s1. The number of carbonyl (C=O) groups is 1. The minimum Gasteiger partial charge on any atom is -0.345 e. The Labute approximate surface area is 125 Å². The molecule has 2 aliphatic rings. The Bertz CT molecular complexity index is 494. The molecule has 1 aromatic heterocycles. The van der Waals surface area contributed by atoms with Gasteiger partial charge in [-0.05, 0) is 33.2 Å². The molecule has 1 atom stereocenters. The molecule has 0 radical (unpaired) electrons. The van der Waals surface area contributed by atoms with Gasteiger partial charge in [-0.2, -0.15) is 0 Å². The normalized spacial score (nSPS) is 23.9. The number of hydrogen-bond donors (Lipinski definition) is 2. The number of hydrogen-bond acceptors (Lipinski definition) is 3. The topological polar surface area (TPSA) is 64.3 Å². The number of likely N-dealkylation sites (tertiary alicyclic amines) is 2. The van der Waals surface area contributed by atoms with E-state index in [1.54, 1.807) is 6.20 Å². The number of piperidine rings is 1. The number of aromatic nitrogens is 2. The zero-order chi connectivity index (χ0) is 14.8. The van der Waals surface area contributed by atoms with Crippen molar-refractivity contribution >= 4 is 6.03 Å². The first-order valence-corrected chi connectivity index (χ1v) is 7.92. The summed E-state index contributed by atoms with van der Waals surface area (Å²) in [5, 5.41) is 2.92. The van der Waals surface area contributed by atoms with Gasteiger partial charge in [0.15, 0.2) is 0 Å². The first-order chi connectivity index (χ1) is 10.1. The van der Waals surface area contributed by atoms with Gasteiger partial charge in [-0.15, -0.1) is 0 Å². The van der Waals surface area contributed by atoms with E-state index in [2.05, 4.69) is 27.1 Å². The molecule has 2 N–H and O–H groups in total. The van der Waals surface area contributed by atoms with Crippen molar-refractivity contribution in [2.24, 2.45) is 0 Å². The van der Waals surface area contributed by atoms with Gasteiger partial charge in [-0.25, -0.2) is 9.78 Å². The number of aromatic amines is 1. The molecule has 0 aromatic carbocycles. The summed E-state index contributed by atoms with van der Waals surface area (Å²) in [5.74, 6) is 0.808. The molecule has 2 saturated heterocycles. The van der Waals surface area contributed by atoms with Crippen LogP contribution in [0.1, 0.15) is 37.7 Å². The lowest BCUT2D eigenvalue weighted by Gasteiger charge is -2.49. The summed E-state index contributed by atoms with van der Waals surface area (Å²) in [5.41, 5.74) is 1.02. The molecule has 1 aromatic rings. The van der Waals surface area contributed by atoms with E-state index < -0.39 is 0 Å². The van der Waals surface area contributed by atoms with Gasteiger partial charge >= 0.3 is 6.03 Å². The van der Waals surface area contributed by atoms with Gasteiger partial charge in [0.25, 0.3) is 0 Å². The Hall–Kier alpha value is -1.56. The van der Waals surface area contributed by atoms with Gasteiger partial charge in [-0.1, -0.05) is 6.42 Å². The largest absolute Gasteiger partial charge is 0.345 e. The first-order valence-electron chi connectivity index (χ1n) is 7.92. The predicted molar refractivity (Wildman–Crippen MR) is 80.9 cm³/mol. The Kier molecular flexibility index (Phi) is 4.14. The van der Waals surface area contributed by atoms with Crippen molar-refractivity contribution < 1.29 is 4.79 Å². The van der Waals surface area contributed by atoms with E-state index in [1.807, 2.05) is 11.8 Å². The van der Waals surface area contributed by atoms with Crippen LogP contribution in [0, 0.1) is 6.92 Å². The Balaban J connectivity index is 1.42. The number of aryl methyl sites for hydroxylation is 1. The summed E-state index contributed by atoms with van der Waals surface area (Å²) in [6.07, 6.45) is 5.71. The third-order valence-corrected chi connectivity index (χ3v) is 4.64. The highest BCUT2D eigenvalue weighted by Gasteiger charge is 2.37. The van der Waals surface area contributed by atoms with Gasteiger partial charge < -0.3 is 15.2 Å². The maximum atomic E-state index is 12.1. The smallest absolute Gasteiger partial charge is 0.317 e. The number of carbonyl (C=O) groups excluding carboxylic acids is 1. The van der Waals surface area contributed by atoms with E-state index in [1.165, 1.54) is 25.8 Å². The maximum absolute atomic E-state index is 12.1. The lowest BCUT2D eigenvalue weighted by Crippen LogP contribution is -2.64. The van der Waals surface area contributed by atoms with Gasteiger partial charge in [0.05, 0.1) is 6.54 Å². The van der Waals surface area contributed by atoms with Crippen molar-refractivity contribution in [3.63, 3.8) is 0 Å². The summed E-state index contributed by atoms with van der Waals surface area (Å²) >= 11 is 0. The monoisotopic (exact) mass is 291 g/mol.